The predicted octanol–water partition coefficient (Wildman–Crippen LogP) is 4.41. The summed E-state index contributed by atoms with van der Waals surface area (Å²) in [4.78, 5) is 16.8. The van der Waals surface area contributed by atoms with Crippen LogP contribution in [0.5, 0.6) is 0 Å². The number of carbonyl (C=O) groups is 1. The predicted molar refractivity (Wildman–Crippen MR) is 107 cm³/mol. The molecule has 0 spiro atoms. The summed E-state index contributed by atoms with van der Waals surface area (Å²) >= 11 is 0. The topological polar surface area (TPSA) is 72.9 Å². The lowest BCUT2D eigenvalue weighted by molar-refractivity contribution is -0.120. The van der Waals surface area contributed by atoms with Gasteiger partial charge in [0.05, 0.1) is 16.6 Å². The van der Waals surface area contributed by atoms with Crippen LogP contribution in [0.1, 0.15) is 39.3 Å². The number of hydrogen-bond donors (Lipinski definition) is 2. The molecule has 0 aliphatic heterocycles. The first-order valence-corrected chi connectivity index (χ1v) is 8.97. The number of nitrogens with zero attached hydrogens (tertiary/aromatic N) is 2. The monoisotopic (exact) mass is 368 g/mol. The van der Waals surface area contributed by atoms with Crippen LogP contribution in [0.2, 0.25) is 0 Å². The average molecular weight is 368 g/mol. The molecule has 0 radical (unpaired) electrons. The van der Waals surface area contributed by atoms with Gasteiger partial charge in [-0.2, -0.15) is 0 Å². The van der Waals surface area contributed by atoms with Gasteiger partial charge in [-0.1, -0.05) is 0 Å². The molecule has 0 saturated carbocycles. The van der Waals surface area contributed by atoms with E-state index in [1.165, 1.54) is 12.1 Å². The molecular formula is C21H25FN4O. The van der Waals surface area contributed by atoms with Crippen molar-refractivity contribution in [1.82, 2.24) is 9.55 Å². The van der Waals surface area contributed by atoms with Crippen LogP contribution >= 0.6 is 0 Å². The molecule has 1 aromatic heterocycles. The number of aromatic nitrogens is 2. The van der Waals surface area contributed by atoms with Crippen LogP contribution in [-0.4, -0.2) is 21.0 Å². The zero-order valence-corrected chi connectivity index (χ0v) is 16.3. The third kappa shape index (κ3) is 3.71. The molecule has 0 unspecified atom stereocenters. The Kier molecular flexibility index (Phi) is 4.78. The highest BCUT2D eigenvalue weighted by atomic mass is 19.1. The minimum atomic E-state index is -0.958. The molecule has 5 nitrogen and oxygen atoms in total. The third-order valence-corrected chi connectivity index (χ3v) is 4.49. The van der Waals surface area contributed by atoms with Gasteiger partial charge in [-0.05, 0) is 70.5 Å². The van der Waals surface area contributed by atoms with Crippen molar-refractivity contribution in [2.24, 2.45) is 5.73 Å². The van der Waals surface area contributed by atoms with Crippen LogP contribution in [0, 0.1) is 12.7 Å². The number of benzene rings is 2. The molecule has 1 amide bonds. The van der Waals surface area contributed by atoms with E-state index >= 15 is 0 Å². The maximum Gasteiger partial charge on any atom is 0.243 e. The quantitative estimate of drug-likeness (QED) is 0.716. The maximum atomic E-state index is 13.6. The largest absolute Gasteiger partial charge is 0.324 e. The van der Waals surface area contributed by atoms with Gasteiger partial charge in [0.1, 0.15) is 11.6 Å². The average Bonchev–Trinajstić information content (AvgIpc) is 2.94. The van der Waals surface area contributed by atoms with Crippen molar-refractivity contribution in [3.8, 4) is 11.4 Å². The standard InChI is InChI=1S/C21H25FN4O/c1-12(2)26-18-9-7-15(22)11-17(18)24-19(26)14-6-8-16(13(3)10-14)25-20(27)21(4,5)23/h6-12H,23H2,1-5H3,(H,25,27). The normalized spacial score (nSPS) is 12.0. The maximum absolute atomic E-state index is 13.6. The van der Waals surface area contributed by atoms with Crippen LogP contribution in [0.25, 0.3) is 22.4 Å². The molecule has 1 heterocycles. The van der Waals surface area contributed by atoms with Crippen molar-refractivity contribution in [2.45, 2.75) is 46.2 Å². The van der Waals surface area contributed by atoms with E-state index in [0.29, 0.717) is 11.2 Å². The van der Waals surface area contributed by atoms with Crippen LogP contribution in [0.15, 0.2) is 36.4 Å². The van der Waals surface area contributed by atoms with Gasteiger partial charge in [-0.25, -0.2) is 9.37 Å². The highest BCUT2D eigenvalue weighted by molar-refractivity contribution is 5.98. The molecular weight excluding hydrogens is 343 g/mol. The lowest BCUT2D eigenvalue weighted by atomic mass is 10.0. The molecule has 2 aromatic carbocycles. The number of nitrogens with one attached hydrogen (secondary N) is 1. The second-order valence-corrected chi connectivity index (χ2v) is 7.74. The molecule has 6 heteroatoms. The van der Waals surface area contributed by atoms with Crippen LogP contribution in [-0.2, 0) is 4.79 Å². The summed E-state index contributed by atoms with van der Waals surface area (Å²) in [7, 11) is 0. The van der Waals surface area contributed by atoms with Gasteiger partial charge in [-0.3, -0.25) is 4.79 Å². The minimum absolute atomic E-state index is 0.160. The van der Waals surface area contributed by atoms with Crippen molar-refractivity contribution >= 4 is 22.6 Å². The van der Waals surface area contributed by atoms with Gasteiger partial charge in [0.25, 0.3) is 0 Å². The summed E-state index contributed by atoms with van der Waals surface area (Å²) in [5.41, 5.74) is 8.92. The Hall–Kier alpha value is -2.73. The number of carbonyl (C=O) groups excluding carboxylic acids is 1. The minimum Gasteiger partial charge on any atom is -0.324 e. The molecule has 0 saturated heterocycles. The Balaban J connectivity index is 2.06. The number of fused-ring (bicyclic) bond motifs is 1. The number of nitrogens with two attached hydrogens (primary N) is 1. The molecule has 0 atom stereocenters. The first kappa shape index (κ1) is 19.0. The molecule has 0 fully saturated rings. The van der Waals surface area contributed by atoms with Crippen molar-refractivity contribution in [1.29, 1.82) is 0 Å². The smallest absolute Gasteiger partial charge is 0.243 e. The molecule has 27 heavy (non-hydrogen) atoms. The molecule has 0 aliphatic rings. The Morgan fingerprint density at radius 2 is 1.93 bits per heavy atom. The number of hydrogen-bond acceptors (Lipinski definition) is 3. The van der Waals surface area contributed by atoms with Gasteiger partial charge in [-0.15, -0.1) is 0 Å². The van der Waals surface area contributed by atoms with E-state index in [9.17, 15) is 9.18 Å². The van der Waals surface area contributed by atoms with E-state index in [1.54, 1.807) is 19.9 Å². The Morgan fingerprint density at radius 1 is 1.22 bits per heavy atom. The van der Waals surface area contributed by atoms with E-state index in [-0.39, 0.29) is 17.8 Å². The first-order chi connectivity index (χ1) is 12.6. The lowest BCUT2D eigenvalue weighted by Gasteiger charge is -2.19. The van der Waals surface area contributed by atoms with Gasteiger partial charge >= 0.3 is 0 Å². The van der Waals surface area contributed by atoms with E-state index in [0.717, 1.165) is 22.5 Å². The van der Waals surface area contributed by atoms with Crippen LogP contribution in [0.4, 0.5) is 10.1 Å². The van der Waals surface area contributed by atoms with Crippen molar-refractivity contribution in [3.05, 3.63) is 47.8 Å². The fourth-order valence-corrected chi connectivity index (χ4v) is 3.02. The number of halogens is 1. The molecule has 3 aromatic rings. The third-order valence-electron chi connectivity index (χ3n) is 4.49. The Morgan fingerprint density at radius 3 is 2.52 bits per heavy atom. The molecule has 3 rings (SSSR count). The number of anilines is 1. The second kappa shape index (κ2) is 6.78. The summed E-state index contributed by atoms with van der Waals surface area (Å²) in [6.45, 7) is 9.38. The second-order valence-electron chi connectivity index (χ2n) is 7.74. The van der Waals surface area contributed by atoms with E-state index in [4.69, 9.17) is 5.73 Å². The van der Waals surface area contributed by atoms with Gasteiger partial charge in [0, 0.05) is 23.4 Å². The van der Waals surface area contributed by atoms with Gasteiger partial charge in [0.2, 0.25) is 5.91 Å². The lowest BCUT2D eigenvalue weighted by Crippen LogP contribution is -2.45. The van der Waals surface area contributed by atoms with E-state index in [2.05, 4.69) is 28.7 Å². The number of imidazole rings is 1. The fraction of sp³-hybridized carbons (Fsp3) is 0.333. The summed E-state index contributed by atoms with van der Waals surface area (Å²) in [5, 5.41) is 2.86. The highest BCUT2D eigenvalue weighted by Crippen LogP contribution is 2.31. The molecule has 3 N–H and O–H groups in total. The molecule has 0 bridgehead atoms. The van der Waals surface area contributed by atoms with Crippen molar-refractivity contribution in [2.75, 3.05) is 5.32 Å². The van der Waals surface area contributed by atoms with E-state index < -0.39 is 5.54 Å². The van der Waals surface area contributed by atoms with Crippen LogP contribution < -0.4 is 11.1 Å². The zero-order chi connectivity index (χ0) is 19.9. The Labute approximate surface area is 158 Å². The van der Waals surface area contributed by atoms with Crippen LogP contribution in [0.3, 0.4) is 0 Å². The SMILES string of the molecule is Cc1cc(-c2nc3cc(F)ccc3n2C(C)C)ccc1NC(=O)C(C)(C)N. The fourth-order valence-electron chi connectivity index (χ4n) is 3.02. The number of rotatable bonds is 4. The number of aryl methyl sites for hydroxylation is 1. The van der Waals surface area contributed by atoms with E-state index in [1.807, 2.05) is 25.1 Å². The zero-order valence-electron chi connectivity index (χ0n) is 16.3. The van der Waals surface area contributed by atoms with Crippen molar-refractivity contribution in [3.63, 3.8) is 0 Å². The molecule has 0 aliphatic carbocycles. The first-order valence-electron chi connectivity index (χ1n) is 8.97. The Bertz CT molecular complexity index is 1010. The van der Waals surface area contributed by atoms with Gasteiger partial charge < -0.3 is 15.6 Å². The van der Waals surface area contributed by atoms with Crippen molar-refractivity contribution < 1.29 is 9.18 Å². The highest BCUT2D eigenvalue weighted by Gasteiger charge is 2.22. The number of amides is 1. The van der Waals surface area contributed by atoms with Gasteiger partial charge in [0.15, 0.2) is 0 Å². The molecule has 142 valence electrons. The summed E-state index contributed by atoms with van der Waals surface area (Å²) < 4.78 is 15.7. The summed E-state index contributed by atoms with van der Waals surface area (Å²) in [5.74, 6) is 0.218. The summed E-state index contributed by atoms with van der Waals surface area (Å²) in [6.07, 6.45) is 0. The summed E-state index contributed by atoms with van der Waals surface area (Å²) in [6, 6.07) is 10.5.